The molecule has 2 aliphatic rings. The monoisotopic (exact) mass is 362 g/mol. The normalized spacial score (nSPS) is 16.9. The minimum absolute atomic E-state index is 0.0779. The summed E-state index contributed by atoms with van der Waals surface area (Å²) in [5.74, 6) is 1.28. The lowest BCUT2D eigenvalue weighted by molar-refractivity contribution is -0.0494. The molecule has 0 aromatic carbocycles. The number of nitrogens with zero attached hydrogens (tertiary/aromatic N) is 5. The summed E-state index contributed by atoms with van der Waals surface area (Å²) in [5, 5.41) is 0. The van der Waals surface area contributed by atoms with Crippen molar-refractivity contribution in [3.63, 3.8) is 0 Å². The fourth-order valence-electron chi connectivity index (χ4n) is 3.12. The van der Waals surface area contributed by atoms with E-state index in [-0.39, 0.29) is 11.6 Å². The van der Waals surface area contributed by atoms with Gasteiger partial charge in [0.05, 0.1) is 5.69 Å². The lowest BCUT2D eigenvalue weighted by atomic mass is 10.2. The summed E-state index contributed by atoms with van der Waals surface area (Å²) >= 11 is 0. The highest BCUT2D eigenvalue weighted by Gasteiger charge is 2.22. The highest BCUT2D eigenvalue weighted by Crippen LogP contribution is 2.31. The number of rotatable bonds is 5. The number of nitrogens with two attached hydrogens (primary N) is 1. The third kappa shape index (κ3) is 3.33. The van der Waals surface area contributed by atoms with E-state index in [1.54, 1.807) is 0 Å². The number of ether oxygens (including phenoxy) is 1. The second-order valence-electron chi connectivity index (χ2n) is 6.43. The summed E-state index contributed by atoms with van der Waals surface area (Å²) in [6.07, 6.45) is 4.90. The highest BCUT2D eigenvalue weighted by molar-refractivity contribution is 5.68. The van der Waals surface area contributed by atoms with Gasteiger partial charge in [-0.25, -0.2) is 9.97 Å². The van der Waals surface area contributed by atoms with Crippen molar-refractivity contribution in [2.24, 2.45) is 0 Å². The first-order valence-corrected chi connectivity index (χ1v) is 8.70. The molecule has 0 radical (unpaired) electrons. The lowest BCUT2D eigenvalue weighted by Crippen LogP contribution is -2.38. The van der Waals surface area contributed by atoms with Crippen molar-refractivity contribution in [1.29, 1.82) is 0 Å². The molecule has 0 spiro atoms. The van der Waals surface area contributed by atoms with Crippen molar-refractivity contribution < 1.29 is 13.5 Å². The van der Waals surface area contributed by atoms with Crippen molar-refractivity contribution in [2.45, 2.75) is 25.9 Å². The maximum absolute atomic E-state index is 12.6. The number of hydrogen-bond acceptors (Lipinski definition) is 7. The van der Waals surface area contributed by atoms with Crippen molar-refractivity contribution in [3.8, 4) is 17.0 Å². The molecule has 0 unspecified atom stereocenters. The van der Waals surface area contributed by atoms with Gasteiger partial charge >= 0.3 is 6.61 Å². The Morgan fingerprint density at radius 2 is 1.73 bits per heavy atom. The van der Waals surface area contributed by atoms with Crippen LogP contribution in [-0.4, -0.2) is 47.7 Å². The van der Waals surface area contributed by atoms with Crippen LogP contribution in [0.15, 0.2) is 18.3 Å². The zero-order valence-electron chi connectivity index (χ0n) is 14.2. The van der Waals surface area contributed by atoms with E-state index >= 15 is 0 Å². The Kier molecular flexibility index (Phi) is 4.44. The average molecular weight is 362 g/mol. The Morgan fingerprint density at radius 1 is 1.00 bits per heavy atom. The summed E-state index contributed by atoms with van der Waals surface area (Å²) in [6.45, 7) is 0.785. The van der Waals surface area contributed by atoms with Gasteiger partial charge in [-0.05, 0) is 25.3 Å². The van der Waals surface area contributed by atoms with Crippen LogP contribution in [0.3, 0.4) is 0 Å². The second-order valence-corrected chi connectivity index (χ2v) is 6.43. The van der Waals surface area contributed by atoms with Crippen LogP contribution < -0.4 is 20.3 Å². The van der Waals surface area contributed by atoms with Crippen LogP contribution in [0, 0.1) is 0 Å². The first-order valence-electron chi connectivity index (χ1n) is 8.70. The summed E-state index contributed by atoms with van der Waals surface area (Å²) in [4.78, 5) is 17.6. The van der Waals surface area contributed by atoms with E-state index in [2.05, 4.69) is 24.5 Å². The Labute approximate surface area is 149 Å². The maximum atomic E-state index is 12.6. The fourth-order valence-corrected chi connectivity index (χ4v) is 3.12. The summed E-state index contributed by atoms with van der Waals surface area (Å²) in [5.41, 5.74) is 6.83. The topological polar surface area (TPSA) is 80.4 Å². The van der Waals surface area contributed by atoms with Crippen LogP contribution in [0.5, 0.6) is 5.75 Å². The Morgan fingerprint density at radius 3 is 2.38 bits per heavy atom. The van der Waals surface area contributed by atoms with Gasteiger partial charge in [-0.2, -0.15) is 13.8 Å². The largest absolute Gasteiger partial charge is 0.431 e. The molecule has 0 aliphatic carbocycles. The van der Waals surface area contributed by atoms with Gasteiger partial charge in [-0.15, -0.1) is 0 Å². The van der Waals surface area contributed by atoms with E-state index in [9.17, 15) is 8.78 Å². The van der Waals surface area contributed by atoms with E-state index in [0.29, 0.717) is 17.2 Å². The van der Waals surface area contributed by atoms with E-state index < -0.39 is 6.61 Å². The number of anilines is 3. The molecule has 0 atom stereocenters. The summed E-state index contributed by atoms with van der Waals surface area (Å²) in [7, 11) is 0. The highest BCUT2D eigenvalue weighted by atomic mass is 19.3. The number of alkyl halides is 2. The number of pyridine rings is 1. The summed E-state index contributed by atoms with van der Waals surface area (Å²) in [6, 6.07) is 3.32. The molecule has 0 saturated carbocycles. The van der Waals surface area contributed by atoms with Crippen molar-refractivity contribution in [1.82, 2.24) is 15.0 Å². The number of hydrogen-bond donors (Lipinski definition) is 1. The standard InChI is InChI=1S/C17H20F2N6O/c18-16(19)26-13-8-11(10-21-15(13)20)12-9-14(24-4-1-2-5-24)23-17(22-12)25-6-3-7-25/h8-10,16H,1-7H2,(H2,20,21). The van der Waals surface area contributed by atoms with E-state index in [1.165, 1.54) is 12.3 Å². The number of aromatic nitrogens is 3. The van der Waals surface area contributed by atoms with Crippen molar-refractivity contribution in [3.05, 3.63) is 18.3 Å². The van der Waals surface area contributed by atoms with Gasteiger partial charge in [0, 0.05) is 44.0 Å². The van der Waals surface area contributed by atoms with Crippen LogP contribution in [0.4, 0.5) is 26.4 Å². The lowest BCUT2D eigenvalue weighted by Gasteiger charge is -2.32. The number of nitrogen functional groups attached to an aromatic ring is 1. The fraction of sp³-hybridized carbons (Fsp3) is 0.471. The van der Waals surface area contributed by atoms with E-state index in [1.807, 2.05) is 6.07 Å². The smallest absolute Gasteiger partial charge is 0.387 e. The Balaban J connectivity index is 1.73. The molecule has 138 valence electrons. The van der Waals surface area contributed by atoms with Gasteiger partial charge in [0.1, 0.15) is 5.82 Å². The zero-order valence-corrected chi connectivity index (χ0v) is 14.2. The molecule has 2 saturated heterocycles. The molecule has 2 N–H and O–H groups in total. The molecule has 2 fully saturated rings. The third-order valence-corrected chi connectivity index (χ3v) is 4.66. The second kappa shape index (κ2) is 6.89. The first kappa shape index (κ1) is 16.7. The van der Waals surface area contributed by atoms with Gasteiger partial charge in [0.25, 0.3) is 0 Å². The molecule has 0 amide bonds. The molecule has 26 heavy (non-hydrogen) atoms. The summed E-state index contributed by atoms with van der Waals surface area (Å²) < 4.78 is 29.6. The molecular formula is C17H20F2N6O. The molecule has 2 aromatic rings. The average Bonchev–Trinajstić information content (AvgIpc) is 3.09. The van der Waals surface area contributed by atoms with Crippen molar-refractivity contribution in [2.75, 3.05) is 41.7 Å². The predicted molar refractivity (Wildman–Crippen MR) is 94.6 cm³/mol. The molecular weight excluding hydrogens is 342 g/mol. The zero-order chi connectivity index (χ0) is 18.1. The van der Waals surface area contributed by atoms with Crippen LogP contribution >= 0.6 is 0 Å². The molecule has 2 aliphatic heterocycles. The maximum Gasteiger partial charge on any atom is 0.387 e. The van der Waals surface area contributed by atoms with Gasteiger partial charge in [-0.1, -0.05) is 0 Å². The molecule has 4 heterocycles. The van der Waals surface area contributed by atoms with Crippen LogP contribution in [0.1, 0.15) is 19.3 Å². The minimum Gasteiger partial charge on any atom is -0.431 e. The predicted octanol–water partition coefficient (Wildman–Crippen LogP) is 2.53. The molecule has 2 aromatic heterocycles. The third-order valence-electron chi connectivity index (χ3n) is 4.66. The molecule has 9 heteroatoms. The van der Waals surface area contributed by atoms with E-state index in [0.717, 1.165) is 51.3 Å². The number of halogens is 2. The van der Waals surface area contributed by atoms with Crippen molar-refractivity contribution >= 4 is 17.6 Å². The van der Waals surface area contributed by atoms with Crippen LogP contribution in [-0.2, 0) is 0 Å². The van der Waals surface area contributed by atoms with Gasteiger partial charge in [0.15, 0.2) is 11.6 Å². The van der Waals surface area contributed by atoms with Crippen LogP contribution in [0.2, 0.25) is 0 Å². The molecule has 4 rings (SSSR count). The minimum atomic E-state index is -2.96. The first-order chi connectivity index (χ1) is 12.6. The van der Waals surface area contributed by atoms with E-state index in [4.69, 9.17) is 10.7 Å². The van der Waals surface area contributed by atoms with Crippen LogP contribution in [0.25, 0.3) is 11.3 Å². The quantitative estimate of drug-likeness (QED) is 0.875. The van der Waals surface area contributed by atoms with Gasteiger partial charge in [-0.3, -0.25) is 0 Å². The van der Waals surface area contributed by atoms with Gasteiger partial charge in [0.2, 0.25) is 5.95 Å². The Hall–Kier alpha value is -2.71. The van der Waals surface area contributed by atoms with Gasteiger partial charge < -0.3 is 20.3 Å². The molecule has 0 bridgehead atoms. The SMILES string of the molecule is Nc1ncc(-c2cc(N3CCCC3)nc(N3CCC3)n2)cc1OC(F)F. The Bertz CT molecular complexity index is 793. The molecule has 7 nitrogen and oxygen atoms in total.